The summed E-state index contributed by atoms with van der Waals surface area (Å²) in [5, 5.41) is 0. The maximum atomic E-state index is 5.57. The van der Waals surface area contributed by atoms with Crippen molar-refractivity contribution in [1.82, 2.24) is 4.90 Å². The highest BCUT2D eigenvalue weighted by atomic mass is 16.5. The van der Waals surface area contributed by atoms with Crippen molar-refractivity contribution in [2.45, 2.75) is 25.3 Å². The number of aryl methyl sites for hydroxylation is 1. The van der Waals surface area contributed by atoms with Gasteiger partial charge in [0.15, 0.2) is 0 Å². The van der Waals surface area contributed by atoms with Crippen LogP contribution in [0.15, 0.2) is 18.2 Å². The summed E-state index contributed by atoms with van der Waals surface area (Å²) in [4.78, 5) is 2.41. The molecule has 1 atom stereocenters. The molecule has 1 aliphatic rings. The first kappa shape index (κ1) is 12.4. The lowest BCUT2D eigenvalue weighted by atomic mass is 10.1. The number of nitrogens with zero attached hydrogens (tertiary/aromatic N) is 1. The van der Waals surface area contributed by atoms with Crippen molar-refractivity contribution in [3.63, 3.8) is 0 Å². The third-order valence-electron chi connectivity index (χ3n) is 3.65. The second kappa shape index (κ2) is 5.52. The average Bonchev–Trinajstić information content (AvgIpc) is 2.78. The van der Waals surface area contributed by atoms with E-state index in [-0.39, 0.29) is 0 Å². The van der Waals surface area contributed by atoms with Crippen LogP contribution in [0, 0.1) is 0 Å². The first-order valence-corrected chi connectivity index (χ1v) is 6.33. The Hall–Kier alpha value is -1.06. The Morgan fingerprint density at radius 3 is 3.00 bits per heavy atom. The van der Waals surface area contributed by atoms with E-state index in [1.165, 1.54) is 24.0 Å². The zero-order valence-electron chi connectivity index (χ0n) is 10.8. The third-order valence-corrected chi connectivity index (χ3v) is 3.65. The van der Waals surface area contributed by atoms with Crippen LogP contribution in [-0.2, 0) is 6.42 Å². The third kappa shape index (κ3) is 2.61. The molecule has 0 fully saturated rings. The van der Waals surface area contributed by atoms with E-state index in [0.29, 0.717) is 6.04 Å². The Kier molecular flexibility index (Phi) is 4.02. The van der Waals surface area contributed by atoms with Crippen LogP contribution in [0.1, 0.15) is 30.0 Å². The van der Waals surface area contributed by atoms with Crippen LogP contribution in [0.4, 0.5) is 0 Å². The van der Waals surface area contributed by atoms with Crippen molar-refractivity contribution in [2.75, 3.05) is 27.2 Å². The lowest BCUT2D eigenvalue weighted by molar-refractivity contribution is 0.242. The van der Waals surface area contributed by atoms with E-state index in [9.17, 15) is 0 Å². The Morgan fingerprint density at radius 2 is 2.29 bits per heavy atom. The summed E-state index contributed by atoms with van der Waals surface area (Å²) in [6.07, 6.45) is 3.45. The van der Waals surface area contributed by atoms with E-state index in [1.807, 2.05) is 0 Å². The fourth-order valence-corrected chi connectivity index (χ4v) is 2.64. The number of hydrogen-bond donors (Lipinski definition) is 1. The van der Waals surface area contributed by atoms with Crippen LogP contribution in [0.2, 0.25) is 0 Å². The summed E-state index contributed by atoms with van der Waals surface area (Å²) < 4.78 is 5.31. The molecular formula is C14H22N2O. The molecule has 1 unspecified atom stereocenters. The van der Waals surface area contributed by atoms with Crippen molar-refractivity contribution >= 4 is 0 Å². The van der Waals surface area contributed by atoms with Crippen LogP contribution in [0.3, 0.4) is 0 Å². The molecule has 2 rings (SSSR count). The van der Waals surface area contributed by atoms with Gasteiger partial charge in [-0.3, -0.25) is 4.90 Å². The Bertz CT molecular complexity index is 378. The van der Waals surface area contributed by atoms with Gasteiger partial charge in [0.05, 0.1) is 7.11 Å². The number of methoxy groups -OCH3 is 1. The average molecular weight is 234 g/mol. The maximum Gasteiger partial charge on any atom is 0.119 e. The molecule has 1 aromatic carbocycles. The van der Waals surface area contributed by atoms with Gasteiger partial charge in [-0.05, 0) is 62.7 Å². The topological polar surface area (TPSA) is 38.5 Å². The smallest absolute Gasteiger partial charge is 0.119 e. The number of ether oxygens (including phenoxy) is 1. The quantitative estimate of drug-likeness (QED) is 0.846. The van der Waals surface area contributed by atoms with Crippen LogP contribution >= 0.6 is 0 Å². The van der Waals surface area contributed by atoms with Gasteiger partial charge >= 0.3 is 0 Å². The predicted molar refractivity (Wildman–Crippen MR) is 70.4 cm³/mol. The molecule has 0 aromatic heterocycles. The van der Waals surface area contributed by atoms with E-state index in [2.05, 4.69) is 30.1 Å². The molecule has 0 spiro atoms. The minimum absolute atomic E-state index is 0.534. The highest BCUT2D eigenvalue weighted by Crippen LogP contribution is 2.37. The normalized spacial score (nSPS) is 18.5. The second-order valence-corrected chi connectivity index (χ2v) is 4.74. The van der Waals surface area contributed by atoms with Crippen molar-refractivity contribution in [3.05, 3.63) is 29.3 Å². The van der Waals surface area contributed by atoms with Crippen molar-refractivity contribution in [3.8, 4) is 5.75 Å². The molecule has 0 amide bonds. The van der Waals surface area contributed by atoms with Gasteiger partial charge in [0.25, 0.3) is 0 Å². The van der Waals surface area contributed by atoms with Gasteiger partial charge < -0.3 is 10.5 Å². The number of fused-ring (bicyclic) bond motifs is 1. The van der Waals surface area contributed by atoms with Gasteiger partial charge in [-0.2, -0.15) is 0 Å². The molecule has 3 heteroatoms. The molecule has 1 aromatic rings. The molecule has 0 saturated carbocycles. The standard InChI is InChI=1S/C14H22N2O/c1-16(9-3-8-15)14-7-5-11-4-6-12(17-2)10-13(11)14/h4,6,10,14H,3,5,7-9,15H2,1-2H3. The molecule has 1 aliphatic carbocycles. The van der Waals surface area contributed by atoms with Crippen molar-refractivity contribution in [2.24, 2.45) is 5.73 Å². The summed E-state index contributed by atoms with van der Waals surface area (Å²) in [6, 6.07) is 6.98. The minimum Gasteiger partial charge on any atom is -0.497 e. The minimum atomic E-state index is 0.534. The fraction of sp³-hybridized carbons (Fsp3) is 0.571. The molecule has 0 bridgehead atoms. The van der Waals surface area contributed by atoms with Crippen molar-refractivity contribution < 1.29 is 4.74 Å². The highest BCUT2D eigenvalue weighted by Gasteiger charge is 2.25. The van der Waals surface area contributed by atoms with Crippen LogP contribution in [-0.4, -0.2) is 32.1 Å². The molecule has 0 heterocycles. The van der Waals surface area contributed by atoms with Crippen molar-refractivity contribution in [1.29, 1.82) is 0 Å². The van der Waals surface area contributed by atoms with Crippen LogP contribution in [0.25, 0.3) is 0 Å². The summed E-state index contributed by atoms with van der Waals surface area (Å²) >= 11 is 0. The highest BCUT2D eigenvalue weighted by molar-refractivity contribution is 5.40. The van der Waals surface area contributed by atoms with Crippen LogP contribution < -0.4 is 10.5 Å². The number of hydrogen-bond acceptors (Lipinski definition) is 3. The molecule has 94 valence electrons. The number of nitrogens with two attached hydrogens (primary N) is 1. The SMILES string of the molecule is COc1ccc2c(c1)C(N(C)CCCN)CC2. The lowest BCUT2D eigenvalue weighted by Crippen LogP contribution is -2.25. The molecule has 0 saturated heterocycles. The van der Waals surface area contributed by atoms with Gasteiger partial charge in [-0.15, -0.1) is 0 Å². The van der Waals surface area contributed by atoms with Gasteiger partial charge in [0, 0.05) is 6.04 Å². The molecule has 0 aliphatic heterocycles. The number of benzene rings is 1. The maximum absolute atomic E-state index is 5.57. The monoisotopic (exact) mass is 234 g/mol. The molecule has 2 N–H and O–H groups in total. The van der Waals surface area contributed by atoms with Crippen LogP contribution in [0.5, 0.6) is 5.75 Å². The van der Waals surface area contributed by atoms with Gasteiger partial charge in [0.2, 0.25) is 0 Å². The summed E-state index contributed by atoms with van der Waals surface area (Å²) in [7, 11) is 3.92. The summed E-state index contributed by atoms with van der Waals surface area (Å²) in [6.45, 7) is 1.83. The fourth-order valence-electron chi connectivity index (χ4n) is 2.64. The Labute approximate surface area is 104 Å². The summed E-state index contributed by atoms with van der Waals surface area (Å²) in [5.41, 5.74) is 8.47. The summed E-state index contributed by atoms with van der Waals surface area (Å²) in [5.74, 6) is 0.961. The van der Waals surface area contributed by atoms with E-state index in [1.54, 1.807) is 7.11 Å². The first-order chi connectivity index (χ1) is 8.26. The van der Waals surface area contributed by atoms with E-state index in [0.717, 1.165) is 25.3 Å². The largest absolute Gasteiger partial charge is 0.497 e. The van der Waals surface area contributed by atoms with E-state index >= 15 is 0 Å². The lowest BCUT2D eigenvalue weighted by Gasteiger charge is -2.25. The predicted octanol–water partition coefficient (Wildman–Crippen LogP) is 1.96. The molecule has 0 radical (unpaired) electrons. The first-order valence-electron chi connectivity index (χ1n) is 6.33. The zero-order valence-corrected chi connectivity index (χ0v) is 10.8. The molecule has 3 nitrogen and oxygen atoms in total. The van der Waals surface area contributed by atoms with Gasteiger partial charge in [0.1, 0.15) is 5.75 Å². The second-order valence-electron chi connectivity index (χ2n) is 4.74. The Morgan fingerprint density at radius 1 is 1.47 bits per heavy atom. The molecule has 17 heavy (non-hydrogen) atoms. The molecular weight excluding hydrogens is 212 g/mol. The van der Waals surface area contributed by atoms with E-state index < -0.39 is 0 Å². The van der Waals surface area contributed by atoms with E-state index in [4.69, 9.17) is 10.5 Å². The van der Waals surface area contributed by atoms with Gasteiger partial charge in [-0.25, -0.2) is 0 Å². The number of rotatable bonds is 5. The Balaban J connectivity index is 2.14. The van der Waals surface area contributed by atoms with Gasteiger partial charge in [-0.1, -0.05) is 6.07 Å². The zero-order chi connectivity index (χ0) is 12.3.